The monoisotopic (exact) mass is 419 g/mol. The molecule has 2 aromatic rings. The lowest BCUT2D eigenvalue weighted by Crippen LogP contribution is -2.50. The maximum atomic E-state index is 12.5. The second kappa shape index (κ2) is 9.34. The standard InChI is InChI=1S/C20H25N3O5S/c1-15(20(25)23-10-12-28-13-11-23)22-19(24)8-9-21-29(26,27)18-7-6-16-4-2-3-5-17(16)14-18/h2-7,14-15,21H,8-13H2,1H3,(H,22,24). The molecule has 156 valence electrons. The number of ether oxygens (including phenoxy) is 1. The number of amides is 2. The van der Waals surface area contributed by atoms with Crippen molar-refractivity contribution in [3.05, 3.63) is 42.5 Å². The predicted molar refractivity (Wildman–Crippen MR) is 109 cm³/mol. The Morgan fingerprint density at radius 2 is 1.79 bits per heavy atom. The molecule has 0 spiro atoms. The van der Waals surface area contributed by atoms with E-state index in [1.807, 2.05) is 24.3 Å². The second-order valence-corrected chi connectivity index (χ2v) is 8.65. The molecule has 2 amide bonds. The van der Waals surface area contributed by atoms with Crippen molar-refractivity contribution in [3.63, 3.8) is 0 Å². The number of hydrogen-bond acceptors (Lipinski definition) is 5. The van der Waals surface area contributed by atoms with Crippen molar-refractivity contribution in [1.82, 2.24) is 14.9 Å². The summed E-state index contributed by atoms with van der Waals surface area (Å²) in [6.07, 6.45) is -0.0620. The van der Waals surface area contributed by atoms with Crippen molar-refractivity contribution < 1.29 is 22.7 Å². The highest BCUT2D eigenvalue weighted by Gasteiger charge is 2.23. The normalized spacial score (nSPS) is 15.8. The number of morpholine rings is 1. The van der Waals surface area contributed by atoms with Gasteiger partial charge in [0.25, 0.3) is 0 Å². The van der Waals surface area contributed by atoms with E-state index < -0.39 is 16.1 Å². The van der Waals surface area contributed by atoms with E-state index in [-0.39, 0.29) is 29.7 Å². The van der Waals surface area contributed by atoms with Gasteiger partial charge in [0.2, 0.25) is 21.8 Å². The molecular weight excluding hydrogens is 394 g/mol. The minimum Gasteiger partial charge on any atom is -0.378 e. The number of fused-ring (bicyclic) bond motifs is 1. The van der Waals surface area contributed by atoms with Gasteiger partial charge in [-0.15, -0.1) is 0 Å². The molecule has 9 heteroatoms. The van der Waals surface area contributed by atoms with Crippen molar-refractivity contribution in [2.24, 2.45) is 0 Å². The van der Waals surface area contributed by atoms with E-state index in [2.05, 4.69) is 10.0 Å². The van der Waals surface area contributed by atoms with Crippen LogP contribution in [0.25, 0.3) is 10.8 Å². The Hall–Kier alpha value is -2.49. The van der Waals surface area contributed by atoms with Crippen LogP contribution >= 0.6 is 0 Å². The Balaban J connectivity index is 1.50. The summed E-state index contributed by atoms with van der Waals surface area (Å²) in [5, 5.41) is 4.39. The molecule has 0 saturated carbocycles. The fraction of sp³-hybridized carbons (Fsp3) is 0.400. The molecule has 8 nitrogen and oxygen atoms in total. The number of hydrogen-bond donors (Lipinski definition) is 2. The van der Waals surface area contributed by atoms with Gasteiger partial charge in [0.1, 0.15) is 6.04 Å². The maximum absolute atomic E-state index is 12.5. The number of carbonyl (C=O) groups is 2. The van der Waals surface area contributed by atoms with Gasteiger partial charge in [-0.25, -0.2) is 13.1 Å². The summed E-state index contributed by atoms with van der Waals surface area (Å²) < 4.78 is 32.6. The number of benzene rings is 2. The minimum atomic E-state index is -3.73. The molecule has 3 rings (SSSR count). The van der Waals surface area contributed by atoms with E-state index >= 15 is 0 Å². The van der Waals surface area contributed by atoms with Gasteiger partial charge in [-0.1, -0.05) is 30.3 Å². The lowest BCUT2D eigenvalue weighted by Gasteiger charge is -2.29. The first kappa shape index (κ1) is 21.2. The second-order valence-electron chi connectivity index (χ2n) is 6.88. The van der Waals surface area contributed by atoms with E-state index in [0.29, 0.717) is 26.3 Å². The van der Waals surface area contributed by atoms with E-state index in [1.54, 1.807) is 24.0 Å². The molecule has 1 fully saturated rings. The van der Waals surface area contributed by atoms with Gasteiger partial charge in [-0.05, 0) is 29.8 Å². The molecule has 1 unspecified atom stereocenters. The van der Waals surface area contributed by atoms with E-state index in [4.69, 9.17) is 4.74 Å². The zero-order chi connectivity index (χ0) is 20.9. The molecular formula is C20H25N3O5S. The molecule has 2 aromatic carbocycles. The highest BCUT2D eigenvalue weighted by Crippen LogP contribution is 2.18. The summed E-state index contributed by atoms with van der Waals surface area (Å²) in [5.74, 6) is -0.557. The van der Waals surface area contributed by atoms with E-state index in [1.165, 1.54) is 6.07 Å². The molecule has 29 heavy (non-hydrogen) atoms. The molecule has 1 atom stereocenters. The van der Waals surface area contributed by atoms with Gasteiger partial charge in [0.05, 0.1) is 18.1 Å². The number of sulfonamides is 1. The maximum Gasteiger partial charge on any atom is 0.245 e. The zero-order valence-corrected chi connectivity index (χ0v) is 17.1. The number of nitrogens with zero attached hydrogens (tertiary/aromatic N) is 1. The van der Waals surface area contributed by atoms with Crippen LogP contribution in [0.4, 0.5) is 0 Å². The first-order chi connectivity index (χ1) is 13.9. The van der Waals surface area contributed by atoms with Crippen LogP contribution in [-0.2, 0) is 24.3 Å². The first-order valence-electron chi connectivity index (χ1n) is 9.51. The fourth-order valence-electron chi connectivity index (χ4n) is 3.15. The van der Waals surface area contributed by atoms with Gasteiger partial charge in [-0.2, -0.15) is 0 Å². The quantitative estimate of drug-likeness (QED) is 0.693. The van der Waals surface area contributed by atoms with Crippen molar-refractivity contribution in [1.29, 1.82) is 0 Å². The Morgan fingerprint density at radius 1 is 1.10 bits per heavy atom. The topological polar surface area (TPSA) is 105 Å². The predicted octanol–water partition coefficient (Wildman–Crippen LogP) is 0.872. The molecule has 1 aliphatic heterocycles. The molecule has 0 radical (unpaired) electrons. The fourth-order valence-corrected chi connectivity index (χ4v) is 4.22. The highest BCUT2D eigenvalue weighted by atomic mass is 32.2. The largest absolute Gasteiger partial charge is 0.378 e. The van der Waals surface area contributed by atoms with Crippen LogP contribution in [0, 0.1) is 0 Å². The average Bonchev–Trinajstić information content (AvgIpc) is 2.73. The summed E-state index contributed by atoms with van der Waals surface area (Å²) in [5.41, 5.74) is 0. The Morgan fingerprint density at radius 3 is 2.52 bits per heavy atom. The lowest BCUT2D eigenvalue weighted by atomic mass is 10.1. The SMILES string of the molecule is CC(NC(=O)CCNS(=O)(=O)c1ccc2ccccc2c1)C(=O)N1CCOCC1. The van der Waals surface area contributed by atoms with E-state index in [0.717, 1.165) is 10.8 Å². The van der Waals surface area contributed by atoms with Crippen LogP contribution in [0.1, 0.15) is 13.3 Å². The third kappa shape index (κ3) is 5.53. The summed E-state index contributed by atoms with van der Waals surface area (Å²) in [6, 6.07) is 11.7. The smallest absolute Gasteiger partial charge is 0.245 e. The third-order valence-corrected chi connectivity index (χ3v) is 6.20. The van der Waals surface area contributed by atoms with Crippen molar-refractivity contribution in [3.8, 4) is 0 Å². The van der Waals surface area contributed by atoms with Crippen molar-refractivity contribution in [2.45, 2.75) is 24.3 Å². The summed E-state index contributed by atoms with van der Waals surface area (Å²) >= 11 is 0. The molecule has 2 N–H and O–H groups in total. The summed E-state index contributed by atoms with van der Waals surface area (Å²) in [4.78, 5) is 26.2. The first-order valence-corrected chi connectivity index (χ1v) is 11.0. The number of carbonyl (C=O) groups excluding carboxylic acids is 2. The summed E-state index contributed by atoms with van der Waals surface area (Å²) in [6.45, 7) is 3.55. The molecule has 1 heterocycles. The van der Waals surface area contributed by atoms with Crippen LogP contribution in [0.5, 0.6) is 0 Å². The van der Waals surface area contributed by atoms with Crippen molar-refractivity contribution >= 4 is 32.6 Å². The zero-order valence-electron chi connectivity index (χ0n) is 16.3. The van der Waals surface area contributed by atoms with Crippen LogP contribution in [0.2, 0.25) is 0 Å². The lowest BCUT2D eigenvalue weighted by molar-refractivity contribution is -0.139. The van der Waals surface area contributed by atoms with Gasteiger partial charge < -0.3 is 15.0 Å². The van der Waals surface area contributed by atoms with Gasteiger partial charge in [0, 0.05) is 26.1 Å². The molecule has 1 saturated heterocycles. The Bertz CT molecular complexity index is 987. The number of nitrogens with one attached hydrogen (secondary N) is 2. The minimum absolute atomic E-state index is 0.0561. The summed E-state index contributed by atoms with van der Waals surface area (Å²) in [7, 11) is -3.73. The van der Waals surface area contributed by atoms with Gasteiger partial charge in [-0.3, -0.25) is 9.59 Å². The molecule has 1 aliphatic rings. The number of rotatable bonds is 7. The van der Waals surface area contributed by atoms with Crippen LogP contribution in [0.15, 0.2) is 47.4 Å². The van der Waals surface area contributed by atoms with Crippen molar-refractivity contribution in [2.75, 3.05) is 32.8 Å². The Kier molecular flexibility index (Phi) is 6.83. The molecule has 0 bridgehead atoms. The Labute approximate surface area is 170 Å². The molecule has 0 aliphatic carbocycles. The van der Waals surface area contributed by atoms with Gasteiger partial charge in [0.15, 0.2) is 0 Å². The molecule has 0 aromatic heterocycles. The van der Waals surface area contributed by atoms with Crippen LogP contribution in [-0.4, -0.2) is 64.0 Å². The average molecular weight is 420 g/mol. The third-order valence-electron chi connectivity index (χ3n) is 4.75. The van der Waals surface area contributed by atoms with Crippen LogP contribution < -0.4 is 10.0 Å². The van der Waals surface area contributed by atoms with Crippen LogP contribution in [0.3, 0.4) is 0 Å². The highest BCUT2D eigenvalue weighted by molar-refractivity contribution is 7.89. The van der Waals surface area contributed by atoms with Gasteiger partial charge >= 0.3 is 0 Å². The van der Waals surface area contributed by atoms with E-state index in [9.17, 15) is 18.0 Å².